The van der Waals surface area contributed by atoms with Gasteiger partial charge >= 0.3 is 0 Å². The van der Waals surface area contributed by atoms with Gasteiger partial charge in [0, 0.05) is 4.47 Å². The first-order chi connectivity index (χ1) is 9.60. The van der Waals surface area contributed by atoms with Crippen LogP contribution in [0.15, 0.2) is 46.9 Å². The van der Waals surface area contributed by atoms with Gasteiger partial charge in [0.1, 0.15) is 12.7 Å². The van der Waals surface area contributed by atoms with Gasteiger partial charge < -0.3 is 9.84 Å². The average Bonchev–Trinajstić information content (AvgIpc) is 2.45. The van der Waals surface area contributed by atoms with E-state index < -0.39 is 11.9 Å². The van der Waals surface area contributed by atoms with Crippen LogP contribution in [-0.2, 0) is 0 Å². The molecule has 2 rings (SSSR count). The van der Waals surface area contributed by atoms with Gasteiger partial charge in [0.15, 0.2) is 11.6 Å². The number of nitrogens with zero attached hydrogens (tertiary/aromatic N) is 1. The van der Waals surface area contributed by atoms with Crippen LogP contribution < -0.4 is 4.74 Å². The summed E-state index contributed by atoms with van der Waals surface area (Å²) in [5, 5.41) is 18.6. The first kappa shape index (κ1) is 14.5. The minimum atomic E-state index is -0.859. The van der Waals surface area contributed by atoms with Crippen molar-refractivity contribution in [1.29, 1.82) is 5.26 Å². The summed E-state index contributed by atoms with van der Waals surface area (Å²) in [5.41, 5.74) is 0.899. The van der Waals surface area contributed by atoms with Crippen LogP contribution in [0, 0.1) is 17.1 Å². The van der Waals surface area contributed by atoms with E-state index in [4.69, 9.17) is 10.00 Å². The summed E-state index contributed by atoms with van der Waals surface area (Å²) < 4.78 is 19.7. The largest absolute Gasteiger partial charge is 0.487 e. The Labute approximate surface area is 124 Å². The predicted molar refractivity (Wildman–Crippen MR) is 75.7 cm³/mol. The molecule has 5 heteroatoms. The molecule has 0 aliphatic rings. The fourth-order valence-electron chi connectivity index (χ4n) is 1.67. The van der Waals surface area contributed by atoms with Crippen LogP contribution in [0.4, 0.5) is 4.39 Å². The van der Waals surface area contributed by atoms with Crippen molar-refractivity contribution in [2.45, 2.75) is 6.10 Å². The molecule has 0 bridgehead atoms. The Morgan fingerprint density at radius 3 is 2.75 bits per heavy atom. The number of rotatable bonds is 4. The SMILES string of the molecule is N#Cc1ccc(OCC(O)c2cccc(Br)c2)c(F)c1. The highest BCUT2D eigenvalue weighted by atomic mass is 79.9. The van der Waals surface area contributed by atoms with Crippen molar-refractivity contribution in [3.63, 3.8) is 0 Å². The van der Waals surface area contributed by atoms with E-state index in [2.05, 4.69) is 15.9 Å². The molecule has 0 heterocycles. The Morgan fingerprint density at radius 2 is 2.10 bits per heavy atom. The van der Waals surface area contributed by atoms with Crippen LogP contribution in [-0.4, -0.2) is 11.7 Å². The Hall–Kier alpha value is -1.90. The van der Waals surface area contributed by atoms with Gasteiger partial charge in [-0.1, -0.05) is 28.1 Å². The van der Waals surface area contributed by atoms with Gasteiger partial charge in [-0.2, -0.15) is 5.26 Å². The molecule has 0 saturated carbocycles. The lowest BCUT2D eigenvalue weighted by Crippen LogP contribution is -2.10. The van der Waals surface area contributed by atoms with Crippen LogP contribution >= 0.6 is 15.9 Å². The van der Waals surface area contributed by atoms with Crippen molar-refractivity contribution in [1.82, 2.24) is 0 Å². The van der Waals surface area contributed by atoms with Gasteiger partial charge in [0.25, 0.3) is 0 Å². The maximum atomic E-state index is 13.6. The summed E-state index contributed by atoms with van der Waals surface area (Å²) in [7, 11) is 0. The summed E-state index contributed by atoms with van der Waals surface area (Å²) in [6.07, 6.45) is -0.859. The summed E-state index contributed by atoms with van der Waals surface area (Å²) in [6, 6.07) is 12.9. The number of benzene rings is 2. The normalized spacial score (nSPS) is 11.7. The van der Waals surface area contributed by atoms with Gasteiger partial charge in [0.2, 0.25) is 0 Å². The van der Waals surface area contributed by atoms with Crippen molar-refractivity contribution in [3.05, 3.63) is 63.9 Å². The standard InChI is InChI=1S/C15H11BrFNO2/c16-12-3-1-2-11(7-12)14(19)9-20-15-5-4-10(8-18)6-13(15)17/h1-7,14,19H,9H2. The Kier molecular flexibility index (Phi) is 4.72. The third-order valence-corrected chi connectivity index (χ3v) is 3.18. The third-order valence-electron chi connectivity index (χ3n) is 2.69. The molecule has 0 aliphatic heterocycles. The number of nitriles is 1. The van der Waals surface area contributed by atoms with Crippen molar-refractivity contribution < 1.29 is 14.2 Å². The molecule has 0 saturated heterocycles. The first-order valence-electron chi connectivity index (χ1n) is 5.86. The molecular formula is C15H11BrFNO2. The second kappa shape index (κ2) is 6.51. The molecule has 102 valence electrons. The highest BCUT2D eigenvalue weighted by Gasteiger charge is 2.11. The van der Waals surface area contributed by atoms with Gasteiger partial charge in [-0.15, -0.1) is 0 Å². The number of hydrogen-bond acceptors (Lipinski definition) is 3. The van der Waals surface area contributed by atoms with Crippen molar-refractivity contribution in [2.75, 3.05) is 6.61 Å². The average molecular weight is 336 g/mol. The van der Waals surface area contributed by atoms with Crippen LogP contribution in [0.25, 0.3) is 0 Å². The van der Waals surface area contributed by atoms with E-state index in [9.17, 15) is 9.50 Å². The monoisotopic (exact) mass is 335 g/mol. The summed E-state index contributed by atoms with van der Waals surface area (Å²) in [6.45, 7) is -0.0702. The molecule has 0 amide bonds. The van der Waals surface area contributed by atoms with Crippen LogP contribution in [0.2, 0.25) is 0 Å². The molecule has 0 fully saturated rings. The zero-order valence-electron chi connectivity index (χ0n) is 10.4. The minimum absolute atomic E-state index is 0.0121. The molecule has 0 spiro atoms. The Morgan fingerprint density at radius 1 is 1.30 bits per heavy atom. The molecule has 3 nitrogen and oxygen atoms in total. The van der Waals surface area contributed by atoms with Crippen LogP contribution in [0.1, 0.15) is 17.2 Å². The van der Waals surface area contributed by atoms with Crippen molar-refractivity contribution >= 4 is 15.9 Å². The van der Waals surface area contributed by atoms with Crippen molar-refractivity contribution in [2.24, 2.45) is 0 Å². The Balaban J connectivity index is 2.04. The lowest BCUT2D eigenvalue weighted by molar-refractivity contribution is 0.106. The first-order valence-corrected chi connectivity index (χ1v) is 6.65. The van der Waals surface area contributed by atoms with E-state index in [1.807, 2.05) is 12.1 Å². The van der Waals surface area contributed by atoms with Crippen molar-refractivity contribution in [3.8, 4) is 11.8 Å². The Bertz CT molecular complexity index is 655. The number of aliphatic hydroxyl groups is 1. The fraction of sp³-hybridized carbons (Fsp3) is 0.133. The zero-order chi connectivity index (χ0) is 14.5. The number of aliphatic hydroxyl groups excluding tert-OH is 1. The van der Waals surface area contributed by atoms with E-state index in [0.29, 0.717) is 5.56 Å². The molecular weight excluding hydrogens is 325 g/mol. The lowest BCUT2D eigenvalue weighted by atomic mass is 10.1. The zero-order valence-corrected chi connectivity index (χ0v) is 12.0. The summed E-state index contributed by atoms with van der Waals surface area (Å²) in [4.78, 5) is 0. The van der Waals surface area contributed by atoms with Gasteiger partial charge in [0.05, 0.1) is 11.6 Å². The molecule has 1 unspecified atom stereocenters. The molecule has 2 aromatic carbocycles. The molecule has 0 aliphatic carbocycles. The van der Waals surface area contributed by atoms with Crippen LogP contribution in [0.5, 0.6) is 5.75 Å². The van der Waals surface area contributed by atoms with E-state index >= 15 is 0 Å². The maximum absolute atomic E-state index is 13.6. The number of halogens is 2. The number of ether oxygens (including phenoxy) is 1. The van der Waals surface area contributed by atoms with E-state index in [1.165, 1.54) is 12.1 Å². The summed E-state index contributed by atoms with van der Waals surface area (Å²) >= 11 is 3.31. The van der Waals surface area contributed by atoms with Crippen LogP contribution in [0.3, 0.4) is 0 Å². The maximum Gasteiger partial charge on any atom is 0.166 e. The molecule has 20 heavy (non-hydrogen) atoms. The van der Waals surface area contributed by atoms with Gasteiger partial charge in [-0.3, -0.25) is 0 Å². The van der Waals surface area contributed by atoms with Gasteiger partial charge in [-0.25, -0.2) is 4.39 Å². The smallest absolute Gasteiger partial charge is 0.166 e. The second-order valence-electron chi connectivity index (χ2n) is 4.14. The molecule has 0 aromatic heterocycles. The molecule has 1 N–H and O–H groups in total. The summed E-state index contributed by atoms with van der Waals surface area (Å²) in [5.74, 6) is -0.608. The molecule has 0 radical (unpaired) electrons. The minimum Gasteiger partial charge on any atom is -0.487 e. The highest BCUT2D eigenvalue weighted by molar-refractivity contribution is 9.10. The third kappa shape index (κ3) is 3.56. The second-order valence-corrected chi connectivity index (χ2v) is 5.05. The lowest BCUT2D eigenvalue weighted by Gasteiger charge is -2.13. The molecule has 2 aromatic rings. The number of hydrogen-bond donors (Lipinski definition) is 1. The van der Waals surface area contributed by atoms with E-state index in [1.54, 1.807) is 18.2 Å². The topological polar surface area (TPSA) is 53.2 Å². The fourth-order valence-corrected chi connectivity index (χ4v) is 2.08. The van der Waals surface area contributed by atoms with Gasteiger partial charge in [-0.05, 0) is 35.9 Å². The highest BCUT2D eigenvalue weighted by Crippen LogP contribution is 2.22. The molecule has 1 atom stereocenters. The quantitative estimate of drug-likeness (QED) is 0.929. The van der Waals surface area contributed by atoms with E-state index in [0.717, 1.165) is 10.5 Å². The van der Waals surface area contributed by atoms with E-state index in [-0.39, 0.29) is 17.9 Å². The predicted octanol–water partition coefficient (Wildman–Crippen LogP) is 3.57.